The van der Waals surface area contributed by atoms with E-state index in [9.17, 15) is 4.79 Å². The smallest absolute Gasteiger partial charge is 0.244 e. The van der Waals surface area contributed by atoms with Crippen LogP contribution in [0.4, 0.5) is 0 Å². The maximum absolute atomic E-state index is 12.4. The van der Waals surface area contributed by atoms with E-state index in [1.165, 1.54) is 6.42 Å². The highest BCUT2D eigenvalue weighted by Gasteiger charge is 2.19. The van der Waals surface area contributed by atoms with Gasteiger partial charge in [0.15, 0.2) is 0 Å². The molecule has 1 amide bonds. The molecule has 1 aliphatic rings. The Bertz CT molecular complexity index is 607. The standard InChI is InChI=1S/C15H20N4O/c1-12-5-4-9-18(10-8-12)15(20)11-19-14-7-3-2-6-13(14)16-17-19/h2-3,6-7,12H,4-5,8-11H2,1H3. The topological polar surface area (TPSA) is 51.0 Å². The Balaban J connectivity index is 1.72. The van der Waals surface area contributed by atoms with Crippen LogP contribution in [0.1, 0.15) is 26.2 Å². The minimum atomic E-state index is 0.148. The number of para-hydroxylation sites is 1. The lowest BCUT2D eigenvalue weighted by atomic mass is 10.0. The van der Waals surface area contributed by atoms with Crippen molar-refractivity contribution < 1.29 is 4.79 Å². The molecular formula is C15H20N4O. The van der Waals surface area contributed by atoms with Crippen molar-refractivity contribution in [2.45, 2.75) is 32.7 Å². The lowest BCUT2D eigenvalue weighted by Gasteiger charge is -2.20. The Morgan fingerprint density at radius 3 is 3.05 bits per heavy atom. The van der Waals surface area contributed by atoms with Gasteiger partial charge < -0.3 is 4.90 Å². The molecule has 0 saturated carbocycles. The fraction of sp³-hybridized carbons (Fsp3) is 0.533. The lowest BCUT2D eigenvalue weighted by Crippen LogP contribution is -2.35. The van der Waals surface area contributed by atoms with Gasteiger partial charge in [-0.15, -0.1) is 5.10 Å². The first-order chi connectivity index (χ1) is 9.74. The van der Waals surface area contributed by atoms with Crippen LogP contribution in [0.15, 0.2) is 24.3 Å². The molecule has 2 aromatic rings. The molecular weight excluding hydrogens is 252 g/mol. The van der Waals surface area contributed by atoms with Crippen molar-refractivity contribution in [2.24, 2.45) is 5.92 Å². The molecule has 0 N–H and O–H groups in total. The number of hydrogen-bond acceptors (Lipinski definition) is 3. The zero-order chi connectivity index (χ0) is 13.9. The molecule has 1 saturated heterocycles. The molecule has 1 fully saturated rings. The SMILES string of the molecule is CC1CCCN(C(=O)Cn2nnc3ccccc32)CC1. The molecule has 0 aliphatic carbocycles. The van der Waals surface area contributed by atoms with E-state index in [1.807, 2.05) is 29.2 Å². The number of likely N-dealkylation sites (tertiary alicyclic amines) is 1. The van der Waals surface area contributed by atoms with Gasteiger partial charge >= 0.3 is 0 Å². The molecule has 3 rings (SSSR count). The number of fused-ring (bicyclic) bond motifs is 1. The highest BCUT2D eigenvalue weighted by molar-refractivity contribution is 5.79. The van der Waals surface area contributed by atoms with Gasteiger partial charge in [0.2, 0.25) is 5.91 Å². The summed E-state index contributed by atoms with van der Waals surface area (Å²) in [7, 11) is 0. The van der Waals surface area contributed by atoms with E-state index in [1.54, 1.807) is 4.68 Å². The summed E-state index contributed by atoms with van der Waals surface area (Å²) in [6.07, 6.45) is 3.42. The molecule has 1 aromatic carbocycles. The van der Waals surface area contributed by atoms with Crippen LogP contribution in [-0.2, 0) is 11.3 Å². The predicted octanol–water partition coefficient (Wildman–Crippen LogP) is 2.08. The van der Waals surface area contributed by atoms with Crippen LogP contribution in [0, 0.1) is 5.92 Å². The molecule has 0 bridgehead atoms. The molecule has 0 spiro atoms. The molecule has 2 heterocycles. The number of aromatic nitrogens is 3. The number of amides is 1. The van der Waals surface area contributed by atoms with Crippen molar-refractivity contribution in [2.75, 3.05) is 13.1 Å². The maximum atomic E-state index is 12.4. The van der Waals surface area contributed by atoms with Crippen molar-refractivity contribution in [3.05, 3.63) is 24.3 Å². The first-order valence-electron chi connectivity index (χ1n) is 7.30. The summed E-state index contributed by atoms with van der Waals surface area (Å²) in [6.45, 7) is 4.29. The van der Waals surface area contributed by atoms with E-state index in [-0.39, 0.29) is 12.5 Å². The van der Waals surface area contributed by atoms with E-state index in [4.69, 9.17) is 0 Å². The third-order valence-electron chi connectivity index (χ3n) is 4.07. The normalized spacial score (nSPS) is 20.1. The van der Waals surface area contributed by atoms with Crippen LogP contribution in [0.2, 0.25) is 0 Å². The molecule has 1 aliphatic heterocycles. The van der Waals surface area contributed by atoms with Crippen LogP contribution < -0.4 is 0 Å². The van der Waals surface area contributed by atoms with Crippen molar-refractivity contribution in [1.82, 2.24) is 19.9 Å². The second-order valence-electron chi connectivity index (χ2n) is 5.65. The fourth-order valence-electron chi connectivity index (χ4n) is 2.77. The quantitative estimate of drug-likeness (QED) is 0.841. The number of rotatable bonds is 2. The number of carbonyl (C=O) groups is 1. The van der Waals surface area contributed by atoms with Crippen molar-refractivity contribution in [3.63, 3.8) is 0 Å². The second-order valence-corrected chi connectivity index (χ2v) is 5.65. The van der Waals surface area contributed by atoms with Gasteiger partial charge in [-0.3, -0.25) is 4.79 Å². The van der Waals surface area contributed by atoms with Gasteiger partial charge in [-0.05, 0) is 37.3 Å². The van der Waals surface area contributed by atoms with E-state index < -0.39 is 0 Å². The highest BCUT2D eigenvalue weighted by atomic mass is 16.2. The molecule has 20 heavy (non-hydrogen) atoms. The number of benzene rings is 1. The maximum Gasteiger partial charge on any atom is 0.244 e. The van der Waals surface area contributed by atoms with E-state index >= 15 is 0 Å². The summed E-state index contributed by atoms with van der Waals surface area (Å²) in [5.74, 6) is 0.870. The molecule has 0 radical (unpaired) electrons. The van der Waals surface area contributed by atoms with Gasteiger partial charge in [0.05, 0.1) is 5.52 Å². The molecule has 5 nitrogen and oxygen atoms in total. The number of carbonyl (C=O) groups excluding carboxylic acids is 1. The fourth-order valence-corrected chi connectivity index (χ4v) is 2.77. The Labute approximate surface area is 118 Å². The minimum Gasteiger partial charge on any atom is -0.341 e. The van der Waals surface area contributed by atoms with Crippen molar-refractivity contribution in [3.8, 4) is 0 Å². The van der Waals surface area contributed by atoms with Crippen LogP contribution in [0.5, 0.6) is 0 Å². The first-order valence-corrected chi connectivity index (χ1v) is 7.30. The Morgan fingerprint density at radius 2 is 2.15 bits per heavy atom. The van der Waals surface area contributed by atoms with E-state index in [0.29, 0.717) is 0 Å². The van der Waals surface area contributed by atoms with Gasteiger partial charge in [-0.25, -0.2) is 4.68 Å². The van der Waals surface area contributed by atoms with Crippen LogP contribution in [-0.4, -0.2) is 38.9 Å². The van der Waals surface area contributed by atoms with E-state index in [0.717, 1.165) is 42.9 Å². The third-order valence-corrected chi connectivity index (χ3v) is 4.07. The largest absolute Gasteiger partial charge is 0.341 e. The predicted molar refractivity (Wildman–Crippen MR) is 77.1 cm³/mol. The van der Waals surface area contributed by atoms with Gasteiger partial charge in [-0.2, -0.15) is 0 Å². The first kappa shape index (κ1) is 13.1. The third kappa shape index (κ3) is 2.66. The van der Waals surface area contributed by atoms with Crippen molar-refractivity contribution >= 4 is 16.9 Å². The minimum absolute atomic E-state index is 0.148. The van der Waals surface area contributed by atoms with Gasteiger partial charge in [0.1, 0.15) is 12.1 Å². The van der Waals surface area contributed by atoms with Crippen molar-refractivity contribution in [1.29, 1.82) is 0 Å². The number of hydrogen-bond donors (Lipinski definition) is 0. The lowest BCUT2D eigenvalue weighted by molar-refractivity contribution is -0.131. The van der Waals surface area contributed by atoms with Gasteiger partial charge in [0.25, 0.3) is 0 Å². The summed E-state index contributed by atoms with van der Waals surface area (Å²) < 4.78 is 1.70. The monoisotopic (exact) mass is 272 g/mol. The van der Waals surface area contributed by atoms with Crippen LogP contribution in [0.3, 0.4) is 0 Å². The Kier molecular flexibility index (Phi) is 3.67. The Hall–Kier alpha value is -1.91. The van der Waals surface area contributed by atoms with Gasteiger partial charge in [0, 0.05) is 13.1 Å². The summed E-state index contributed by atoms with van der Waals surface area (Å²) in [5, 5.41) is 8.18. The Morgan fingerprint density at radius 1 is 1.30 bits per heavy atom. The average molecular weight is 272 g/mol. The summed E-state index contributed by atoms with van der Waals surface area (Å²) in [5.41, 5.74) is 1.76. The molecule has 5 heteroatoms. The second kappa shape index (κ2) is 5.61. The van der Waals surface area contributed by atoms with Gasteiger partial charge in [-0.1, -0.05) is 24.3 Å². The molecule has 106 valence electrons. The summed E-state index contributed by atoms with van der Waals surface area (Å²) in [4.78, 5) is 14.4. The molecule has 1 unspecified atom stereocenters. The molecule has 1 atom stereocenters. The summed E-state index contributed by atoms with van der Waals surface area (Å²) >= 11 is 0. The highest BCUT2D eigenvalue weighted by Crippen LogP contribution is 2.17. The van der Waals surface area contributed by atoms with E-state index in [2.05, 4.69) is 17.2 Å². The number of nitrogens with zero attached hydrogens (tertiary/aromatic N) is 4. The molecule has 1 aromatic heterocycles. The zero-order valence-corrected chi connectivity index (χ0v) is 11.8. The zero-order valence-electron chi connectivity index (χ0n) is 11.8. The average Bonchev–Trinajstić information content (AvgIpc) is 2.72. The summed E-state index contributed by atoms with van der Waals surface area (Å²) in [6, 6.07) is 7.74. The van der Waals surface area contributed by atoms with Crippen LogP contribution in [0.25, 0.3) is 11.0 Å². The van der Waals surface area contributed by atoms with Crippen LogP contribution >= 0.6 is 0 Å².